The molecule has 1 aromatic heterocycles. The summed E-state index contributed by atoms with van der Waals surface area (Å²) in [5.41, 5.74) is 1.54. The summed E-state index contributed by atoms with van der Waals surface area (Å²) in [6.45, 7) is 10.7. The molecule has 1 fully saturated rings. The highest BCUT2D eigenvalue weighted by atomic mass is 16.5. The van der Waals surface area contributed by atoms with Crippen LogP contribution in [0, 0.1) is 0 Å². The van der Waals surface area contributed by atoms with E-state index in [-0.39, 0.29) is 19.3 Å². The number of allylic oxidation sites excluding steroid dienone is 2. The largest absolute Gasteiger partial charge is 0.381 e. The highest BCUT2D eigenvalue weighted by Gasteiger charge is 2.36. The zero-order valence-electron chi connectivity index (χ0n) is 16.5. The fraction of sp³-hybridized carbons (Fsp3) is 0.409. The van der Waals surface area contributed by atoms with Crippen molar-refractivity contribution in [3.63, 3.8) is 0 Å². The van der Waals surface area contributed by atoms with Crippen LogP contribution in [0.2, 0.25) is 0 Å². The van der Waals surface area contributed by atoms with E-state index in [2.05, 4.69) is 23.5 Å². The molecule has 1 unspecified atom stereocenters. The average molecular weight is 386 g/mol. The van der Waals surface area contributed by atoms with Crippen molar-refractivity contribution >= 4 is 11.8 Å². The van der Waals surface area contributed by atoms with E-state index in [4.69, 9.17) is 4.74 Å². The third-order valence-electron chi connectivity index (χ3n) is 4.76. The standard InChI is InChI=1S/C22H29N3O3.H2/c1-4-8-17(5-2)15-24-22(27)21(18-9-7-12-23-16-18)25(20(26)6-3)19-10-13-28-14-11-19;/h4-5,7-9,12,16,19,21H,1-2,6,10-11,13-15H2,3H3,(H,24,27);1H/b17-8+;. The fourth-order valence-corrected chi connectivity index (χ4v) is 3.32. The molecule has 2 rings (SSSR count). The Bertz CT molecular complexity index is 715. The summed E-state index contributed by atoms with van der Waals surface area (Å²) >= 11 is 0. The summed E-state index contributed by atoms with van der Waals surface area (Å²) in [5, 5.41) is 2.94. The van der Waals surface area contributed by atoms with Gasteiger partial charge in [-0.15, -0.1) is 0 Å². The van der Waals surface area contributed by atoms with E-state index < -0.39 is 6.04 Å². The van der Waals surface area contributed by atoms with Crippen LogP contribution in [0.15, 0.2) is 61.5 Å². The van der Waals surface area contributed by atoms with E-state index in [1.807, 2.05) is 13.0 Å². The maximum absolute atomic E-state index is 13.2. The number of carbonyl (C=O) groups excluding carboxylic acids is 2. The maximum Gasteiger partial charge on any atom is 0.247 e. The summed E-state index contributed by atoms with van der Waals surface area (Å²) in [6, 6.07) is 2.83. The molecule has 6 nitrogen and oxygen atoms in total. The Hall–Kier alpha value is -2.73. The molecule has 1 aliphatic heterocycles. The van der Waals surface area contributed by atoms with Crippen LogP contribution in [0.1, 0.15) is 39.2 Å². The molecule has 2 amide bonds. The third-order valence-corrected chi connectivity index (χ3v) is 4.76. The third kappa shape index (κ3) is 5.63. The van der Waals surface area contributed by atoms with Crippen LogP contribution in [0.25, 0.3) is 0 Å². The van der Waals surface area contributed by atoms with Gasteiger partial charge in [-0.1, -0.05) is 44.4 Å². The lowest BCUT2D eigenvalue weighted by atomic mass is 9.99. The van der Waals surface area contributed by atoms with Gasteiger partial charge in [-0.25, -0.2) is 0 Å². The van der Waals surface area contributed by atoms with E-state index in [1.54, 1.807) is 41.6 Å². The molecular formula is C22H31N3O3. The van der Waals surface area contributed by atoms with Crippen LogP contribution < -0.4 is 5.32 Å². The molecule has 0 radical (unpaired) electrons. The minimum atomic E-state index is -0.737. The number of rotatable bonds is 9. The molecule has 6 heteroatoms. The van der Waals surface area contributed by atoms with Crippen molar-refractivity contribution in [3.8, 4) is 0 Å². The highest BCUT2D eigenvalue weighted by molar-refractivity contribution is 5.89. The quantitative estimate of drug-likeness (QED) is 0.663. The Morgan fingerprint density at radius 3 is 2.75 bits per heavy atom. The zero-order chi connectivity index (χ0) is 20.4. The number of nitrogens with one attached hydrogen (secondary N) is 1. The Labute approximate surface area is 168 Å². The van der Waals surface area contributed by atoms with Crippen LogP contribution in [0.5, 0.6) is 0 Å². The van der Waals surface area contributed by atoms with Crippen molar-refractivity contribution in [3.05, 3.63) is 67.0 Å². The lowest BCUT2D eigenvalue weighted by molar-refractivity contribution is -0.145. The van der Waals surface area contributed by atoms with Crippen LogP contribution >= 0.6 is 0 Å². The molecule has 1 atom stereocenters. The number of pyridine rings is 1. The van der Waals surface area contributed by atoms with Gasteiger partial charge < -0.3 is 15.0 Å². The summed E-state index contributed by atoms with van der Waals surface area (Å²) in [5.74, 6) is -0.292. The minimum absolute atomic E-state index is 0. The van der Waals surface area contributed by atoms with Gasteiger partial charge in [0.2, 0.25) is 11.8 Å². The molecule has 28 heavy (non-hydrogen) atoms. The van der Waals surface area contributed by atoms with Gasteiger partial charge in [0, 0.05) is 51.6 Å². The second-order valence-corrected chi connectivity index (χ2v) is 6.59. The first-order chi connectivity index (χ1) is 13.6. The molecule has 0 bridgehead atoms. The first kappa shape index (κ1) is 21.6. The Morgan fingerprint density at radius 2 is 2.18 bits per heavy atom. The molecule has 0 aliphatic carbocycles. The monoisotopic (exact) mass is 385 g/mol. The van der Waals surface area contributed by atoms with Gasteiger partial charge >= 0.3 is 0 Å². The van der Waals surface area contributed by atoms with Crippen molar-refractivity contribution in [2.75, 3.05) is 19.8 Å². The van der Waals surface area contributed by atoms with Crippen LogP contribution in [-0.4, -0.2) is 47.5 Å². The topological polar surface area (TPSA) is 71.5 Å². The maximum atomic E-state index is 13.2. The SMILES string of the molecule is C=C/C=C(\C=C)CNC(=O)C(c1cccnc1)N(C(=O)CC)C1CCOCC1.[HH]. The number of nitrogens with zero attached hydrogens (tertiary/aromatic N) is 2. The fourth-order valence-electron chi connectivity index (χ4n) is 3.32. The van der Waals surface area contributed by atoms with E-state index in [0.29, 0.717) is 44.6 Å². The molecule has 152 valence electrons. The lowest BCUT2D eigenvalue weighted by Gasteiger charge is -2.39. The first-order valence-corrected chi connectivity index (χ1v) is 9.62. The van der Waals surface area contributed by atoms with Crippen molar-refractivity contribution in [1.82, 2.24) is 15.2 Å². The molecule has 1 saturated heterocycles. The van der Waals surface area contributed by atoms with Crippen LogP contribution in [0.4, 0.5) is 0 Å². The van der Waals surface area contributed by atoms with Crippen LogP contribution in [-0.2, 0) is 14.3 Å². The van der Waals surface area contributed by atoms with Gasteiger partial charge in [0.25, 0.3) is 0 Å². The number of carbonyl (C=O) groups is 2. The van der Waals surface area contributed by atoms with Gasteiger partial charge in [0.1, 0.15) is 6.04 Å². The van der Waals surface area contributed by atoms with E-state index in [0.717, 1.165) is 5.57 Å². The Balaban J connectivity index is 0.00000420. The van der Waals surface area contributed by atoms with Gasteiger partial charge in [-0.3, -0.25) is 14.6 Å². The summed E-state index contributed by atoms with van der Waals surface area (Å²) in [6.07, 6.45) is 10.2. The summed E-state index contributed by atoms with van der Waals surface area (Å²) < 4.78 is 5.45. The molecule has 1 N–H and O–H groups in total. The van der Waals surface area contributed by atoms with E-state index >= 15 is 0 Å². The predicted octanol–water partition coefficient (Wildman–Crippen LogP) is 3.20. The van der Waals surface area contributed by atoms with Gasteiger partial charge in [-0.05, 0) is 24.5 Å². The molecule has 1 aromatic rings. The lowest BCUT2D eigenvalue weighted by Crippen LogP contribution is -2.50. The van der Waals surface area contributed by atoms with E-state index in [9.17, 15) is 9.59 Å². The second-order valence-electron chi connectivity index (χ2n) is 6.59. The second kappa shape index (κ2) is 11.2. The van der Waals surface area contributed by atoms with Crippen molar-refractivity contribution in [2.45, 2.75) is 38.3 Å². The number of amides is 2. The van der Waals surface area contributed by atoms with Gasteiger partial charge in [-0.2, -0.15) is 0 Å². The number of aromatic nitrogens is 1. The number of hydrogen-bond donors (Lipinski definition) is 1. The predicted molar refractivity (Wildman–Crippen MR) is 112 cm³/mol. The minimum Gasteiger partial charge on any atom is -0.381 e. The Morgan fingerprint density at radius 1 is 1.43 bits per heavy atom. The zero-order valence-corrected chi connectivity index (χ0v) is 16.5. The molecule has 0 aromatic carbocycles. The number of hydrogen-bond acceptors (Lipinski definition) is 4. The highest BCUT2D eigenvalue weighted by Crippen LogP contribution is 2.28. The molecular weight excluding hydrogens is 354 g/mol. The molecule has 2 heterocycles. The van der Waals surface area contributed by atoms with Crippen LogP contribution in [0.3, 0.4) is 0 Å². The normalized spacial score (nSPS) is 16.1. The molecule has 0 spiro atoms. The smallest absolute Gasteiger partial charge is 0.247 e. The van der Waals surface area contributed by atoms with Crippen molar-refractivity contribution in [1.29, 1.82) is 0 Å². The average Bonchev–Trinajstić information content (AvgIpc) is 2.75. The Kier molecular flexibility index (Phi) is 8.62. The molecule has 0 saturated carbocycles. The van der Waals surface area contributed by atoms with Gasteiger partial charge in [0.05, 0.1) is 0 Å². The van der Waals surface area contributed by atoms with Crippen molar-refractivity contribution < 1.29 is 15.8 Å². The van der Waals surface area contributed by atoms with Gasteiger partial charge in [0.15, 0.2) is 0 Å². The van der Waals surface area contributed by atoms with Crippen molar-refractivity contribution in [2.24, 2.45) is 0 Å². The molecule has 1 aliphatic rings. The first-order valence-electron chi connectivity index (χ1n) is 9.62. The number of ether oxygens (including phenoxy) is 1. The summed E-state index contributed by atoms with van der Waals surface area (Å²) in [4.78, 5) is 32.0. The summed E-state index contributed by atoms with van der Waals surface area (Å²) in [7, 11) is 0. The van der Waals surface area contributed by atoms with E-state index in [1.165, 1.54) is 0 Å².